The van der Waals surface area contributed by atoms with E-state index >= 15 is 0 Å². The summed E-state index contributed by atoms with van der Waals surface area (Å²) in [6, 6.07) is 13.7. The molecule has 4 N–H and O–H groups in total. The number of nitrogen functional groups attached to an aromatic ring is 2. The fourth-order valence-corrected chi connectivity index (χ4v) is 1.68. The van der Waals surface area contributed by atoms with Crippen LogP contribution < -0.4 is 11.5 Å². The molecule has 2 radical (unpaired) electrons. The van der Waals surface area contributed by atoms with Crippen molar-refractivity contribution >= 4 is 11.4 Å². The Morgan fingerprint density at radius 2 is 1.71 bits per heavy atom. The van der Waals surface area contributed by atoms with Gasteiger partial charge in [0.25, 0.3) is 0 Å². The van der Waals surface area contributed by atoms with E-state index in [1.165, 1.54) is 5.56 Å². The Morgan fingerprint density at radius 3 is 2.41 bits per heavy atom. The molecule has 2 aromatic rings. The first-order chi connectivity index (χ1) is 8.15. The molecule has 2 heteroatoms. The maximum Gasteiger partial charge on any atom is 0.0349 e. The minimum absolute atomic E-state index is 0.785. The predicted octanol–water partition coefficient (Wildman–Crippen LogP) is 2.83. The summed E-state index contributed by atoms with van der Waals surface area (Å²) in [5.41, 5.74) is 16.3. The van der Waals surface area contributed by atoms with Gasteiger partial charge >= 0.3 is 0 Å². The molecule has 0 saturated carbocycles. The summed E-state index contributed by atoms with van der Waals surface area (Å²) in [6.45, 7) is 3.90. The lowest BCUT2D eigenvalue weighted by Crippen LogP contribution is -1.96. The van der Waals surface area contributed by atoms with Crippen LogP contribution in [0, 0.1) is 13.3 Å². The molecular formula is C15H16N2. The largest absolute Gasteiger partial charge is 0.399 e. The summed E-state index contributed by atoms with van der Waals surface area (Å²) < 4.78 is 0. The molecule has 17 heavy (non-hydrogen) atoms. The summed E-state index contributed by atoms with van der Waals surface area (Å²) in [5, 5.41) is 0. The molecule has 0 aliphatic heterocycles. The molecule has 0 heterocycles. The lowest BCUT2D eigenvalue weighted by atomic mass is 10.0. The lowest BCUT2D eigenvalue weighted by Gasteiger charge is -2.06. The molecule has 0 aliphatic carbocycles. The monoisotopic (exact) mass is 224 g/mol. The highest BCUT2D eigenvalue weighted by atomic mass is 14.6. The molecule has 2 aromatic carbocycles. The van der Waals surface area contributed by atoms with Crippen LogP contribution in [0.4, 0.5) is 11.4 Å². The van der Waals surface area contributed by atoms with Crippen LogP contribution in [0.3, 0.4) is 0 Å². The third kappa shape index (κ3) is 3.00. The van der Waals surface area contributed by atoms with Gasteiger partial charge in [-0.15, -0.1) is 0 Å². The number of rotatable bonds is 3. The zero-order valence-electron chi connectivity index (χ0n) is 9.69. The van der Waals surface area contributed by atoms with E-state index in [4.69, 9.17) is 11.5 Å². The maximum absolute atomic E-state index is 5.90. The predicted molar refractivity (Wildman–Crippen MR) is 73.3 cm³/mol. The molecule has 0 unspecified atom stereocenters. The van der Waals surface area contributed by atoms with Crippen molar-refractivity contribution in [3.8, 4) is 0 Å². The topological polar surface area (TPSA) is 52.0 Å². The molecule has 0 saturated heterocycles. The second-order valence-corrected chi connectivity index (χ2v) is 4.11. The standard InChI is InChI=1S/C15H16N2/c1-11-2-9-15(17)13(10-11)6-3-12-4-7-14(16)8-5-12/h2,4-10H,1,3,16-17H2. The van der Waals surface area contributed by atoms with Crippen molar-refractivity contribution in [1.29, 1.82) is 0 Å². The van der Waals surface area contributed by atoms with Crippen molar-refractivity contribution in [2.45, 2.75) is 6.42 Å². The highest BCUT2D eigenvalue weighted by molar-refractivity contribution is 5.53. The number of hydrogen-bond acceptors (Lipinski definition) is 2. The first kappa shape index (κ1) is 11.5. The maximum atomic E-state index is 5.90. The van der Waals surface area contributed by atoms with Gasteiger partial charge in [0.05, 0.1) is 0 Å². The van der Waals surface area contributed by atoms with Gasteiger partial charge in [-0.1, -0.05) is 24.3 Å². The Bertz CT molecular complexity index is 501. The molecule has 2 rings (SSSR count). The van der Waals surface area contributed by atoms with Crippen molar-refractivity contribution in [2.75, 3.05) is 11.5 Å². The number of benzene rings is 2. The molecule has 0 aromatic heterocycles. The fourth-order valence-electron chi connectivity index (χ4n) is 1.68. The van der Waals surface area contributed by atoms with E-state index in [1.807, 2.05) is 42.5 Å². The highest BCUT2D eigenvalue weighted by Crippen LogP contribution is 2.18. The van der Waals surface area contributed by atoms with Gasteiger partial charge in [0, 0.05) is 11.4 Å². The molecule has 0 aliphatic rings. The van der Waals surface area contributed by atoms with Crippen LogP contribution in [0.1, 0.15) is 16.7 Å². The minimum Gasteiger partial charge on any atom is -0.399 e. The molecule has 0 bridgehead atoms. The van der Waals surface area contributed by atoms with Gasteiger partial charge < -0.3 is 11.5 Å². The van der Waals surface area contributed by atoms with Crippen molar-refractivity contribution in [2.24, 2.45) is 0 Å². The lowest BCUT2D eigenvalue weighted by molar-refractivity contribution is 1.17. The Morgan fingerprint density at radius 1 is 1.00 bits per heavy atom. The van der Waals surface area contributed by atoms with E-state index in [0.717, 1.165) is 28.9 Å². The van der Waals surface area contributed by atoms with Crippen LogP contribution in [-0.2, 0) is 6.42 Å². The zero-order valence-corrected chi connectivity index (χ0v) is 9.69. The van der Waals surface area contributed by atoms with Gasteiger partial charge in [-0.2, -0.15) is 0 Å². The van der Waals surface area contributed by atoms with E-state index in [2.05, 4.69) is 13.3 Å². The average Bonchev–Trinajstić information content (AvgIpc) is 2.32. The van der Waals surface area contributed by atoms with Gasteiger partial charge in [-0.05, 0) is 54.7 Å². The third-order valence-corrected chi connectivity index (χ3v) is 2.69. The summed E-state index contributed by atoms with van der Waals surface area (Å²) in [7, 11) is 0. The Balaban J connectivity index is 2.07. The van der Waals surface area contributed by atoms with Crippen molar-refractivity contribution in [3.05, 3.63) is 72.5 Å². The van der Waals surface area contributed by atoms with E-state index in [1.54, 1.807) is 0 Å². The van der Waals surface area contributed by atoms with Crippen LogP contribution in [-0.4, -0.2) is 0 Å². The van der Waals surface area contributed by atoms with E-state index < -0.39 is 0 Å². The molecule has 86 valence electrons. The second-order valence-electron chi connectivity index (χ2n) is 4.11. The van der Waals surface area contributed by atoms with Crippen LogP contribution in [0.2, 0.25) is 0 Å². The number of anilines is 2. The summed E-state index contributed by atoms with van der Waals surface area (Å²) in [4.78, 5) is 0. The summed E-state index contributed by atoms with van der Waals surface area (Å²) in [6.07, 6.45) is 2.95. The zero-order chi connectivity index (χ0) is 12.3. The molecule has 0 spiro atoms. The van der Waals surface area contributed by atoms with Crippen LogP contribution in [0.25, 0.3) is 0 Å². The van der Waals surface area contributed by atoms with Crippen molar-refractivity contribution in [3.63, 3.8) is 0 Å². The molecule has 0 fully saturated rings. The van der Waals surface area contributed by atoms with Crippen LogP contribution in [0.5, 0.6) is 0 Å². The smallest absolute Gasteiger partial charge is 0.0349 e. The van der Waals surface area contributed by atoms with Crippen LogP contribution >= 0.6 is 0 Å². The quantitative estimate of drug-likeness (QED) is 0.788. The SMILES string of the molecule is [CH2]c1ccc(N)c([CH]Cc2ccc(N)cc2)c1. The minimum atomic E-state index is 0.785. The average molecular weight is 224 g/mol. The van der Waals surface area contributed by atoms with Crippen molar-refractivity contribution in [1.82, 2.24) is 0 Å². The Hall–Kier alpha value is -1.96. The number of hydrogen-bond donors (Lipinski definition) is 2. The van der Waals surface area contributed by atoms with Gasteiger partial charge in [0.1, 0.15) is 0 Å². The van der Waals surface area contributed by atoms with Crippen molar-refractivity contribution < 1.29 is 0 Å². The van der Waals surface area contributed by atoms with E-state index in [0.29, 0.717) is 0 Å². The first-order valence-corrected chi connectivity index (χ1v) is 5.54. The molecular weight excluding hydrogens is 208 g/mol. The Labute approximate surface area is 102 Å². The van der Waals surface area contributed by atoms with E-state index in [9.17, 15) is 0 Å². The highest BCUT2D eigenvalue weighted by Gasteiger charge is 2.01. The summed E-state index contributed by atoms with van der Waals surface area (Å²) >= 11 is 0. The third-order valence-electron chi connectivity index (χ3n) is 2.69. The van der Waals surface area contributed by atoms with Gasteiger partial charge in [-0.3, -0.25) is 0 Å². The van der Waals surface area contributed by atoms with E-state index in [-0.39, 0.29) is 0 Å². The molecule has 0 amide bonds. The van der Waals surface area contributed by atoms with Gasteiger partial charge in [-0.25, -0.2) is 0 Å². The fraction of sp³-hybridized carbons (Fsp3) is 0.0667. The van der Waals surface area contributed by atoms with Gasteiger partial charge in [0.15, 0.2) is 0 Å². The normalized spacial score (nSPS) is 10.4. The Kier molecular flexibility index (Phi) is 3.33. The number of nitrogens with two attached hydrogens (primary N) is 2. The second kappa shape index (κ2) is 4.91. The van der Waals surface area contributed by atoms with Crippen LogP contribution in [0.15, 0.2) is 42.5 Å². The summed E-state index contributed by atoms with van der Waals surface area (Å²) in [5.74, 6) is 0. The molecule has 2 nitrogen and oxygen atoms in total. The van der Waals surface area contributed by atoms with Gasteiger partial charge in [0.2, 0.25) is 0 Å². The first-order valence-electron chi connectivity index (χ1n) is 5.54. The molecule has 0 atom stereocenters.